The second kappa shape index (κ2) is 12.4. The Kier molecular flexibility index (Phi) is 9.09. The van der Waals surface area contributed by atoms with Crippen LogP contribution < -0.4 is 5.32 Å². The van der Waals surface area contributed by atoms with Crippen LogP contribution in [-0.4, -0.2) is 97.0 Å². The number of aliphatic hydroxyl groups excluding tert-OH is 1. The molecule has 3 amide bonds. The first-order chi connectivity index (χ1) is 19.7. The Balaban J connectivity index is 1.55. The number of hydrogen-bond acceptors (Lipinski definition) is 8. The van der Waals surface area contributed by atoms with Crippen LogP contribution in [-0.2, 0) is 20.7 Å². The molecule has 1 fully saturated rings. The van der Waals surface area contributed by atoms with Gasteiger partial charge in [-0.1, -0.05) is 23.4 Å². The van der Waals surface area contributed by atoms with E-state index in [1.807, 2.05) is 51.2 Å². The number of ether oxygens (including phenoxy) is 2. The van der Waals surface area contributed by atoms with Crippen molar-refractivity contribution in [3.63, 3.8) is 0 Å². The van der Waals surface area contributed by atoms with Crippen LogP contribution >= 0.6 is 0 Å². The van der Waals surface area contributed by atoms with Gasteiger partial charge in [0.05, 0.1) is 12.8 Å². The van der Waals surface area contributed by atoms with E-state index in [2.05, 4.69) is 20.6 Å². The summed E-state index contributed by atoms with van der Waals surface area (Å²) in [6.07, 6.45) is 2.65. The first-order valence-corrected chi connectivity index (χ1v) is 14.1. The quantitative estimate of drug-likeness (QED) is 0.383. The highest BCUT2D eigenvalue weighted by molar-refractivity contribution is 5.85. The van der Waals surface area contributed by atoms with Crippen LogP contribution in [0.5, 0.6) is 0 Å². The summed E-state index contributed by atoms with van der Waals surface area (Å²) in [6, 6.07) is 6.18. The van der Waals surface area contributed by atoms with Crippen LogP contribution in [0.2, 0.25) is 0 Å². The molecule has 4 rings (SSSR count). The van der Waals surface area contributed by atoms with Crippen LogP contribution in [0.4, 0.5) is 9.59 Å². The Morgan fingerprint density at radius 1 is 1.00 bits per heavy atom. The van der Waals surface area contributed by atoms with Gasteiger partial charge in [-0.15, -0.1) is 5.10 Å². The fourth-order valence-electron chi connectivity index (χ4n) is 4.71. The van der Waals surface area contributed by atoms with Crippen molar-refractivity contribution in [3.05, 3.63) is 47.9 Å². The molecule has 3 heterocycles. The molecule has 1 saturated heterocycles. The molecule has 13 heteroatoms. The lowest BCUT2D eigenvalue weighted by molar-refractivity contribution is -0.136. The van der Waals surface area contributed by atoms with E-state index in [4.69, 9.17) is 9.47 Å². The van der Waals surface area contributed by atoms with E-state index in [0.29, 0.717) is 32.6 Å². The third-order valence-electron chi connectivity index (χ3n) is 6.69. The van der Waals surface area contributed by atoms with Crippen LogP contribution in [0, 0.1) is 0 Å². The molecule has 0 saturated carbocycles. The topological polar surface area (TPSA) is 155 Å². The number of aliphatic hydroxyl groups is 1. The van der Waals surface area contributed by atoms with Gasteiger partial charge in [-0.25, -0.2) is 14.3 Å². The van der Waals surface area contributed by atoms with Gasteiger partial charge in [0.2, 0.25) is 5.91 Å². The number of para-hydroxylation sites is 1. The van der Waals surface area contributed by atoms with Crippen LogP contribution in [0.1, 0.15) is 64.9 Å². The number of H-pyrrole nitrogens is 1. The normalized spacial score (nSPS) is 15.8. The first-order valence-electron chi connectivity index (χ1n) is 14.1. The van der Waals surface area contributed by atoms with Gasteiger partial charge in [-0.2, -0.15) is 0 Å². The molecule has 0 aliphatic carbocycles. The van der Waals surface area contributed by atoms with E-state index in [1.54, 1.807) is 36.8 Å². The molecule has 0 unspecified atom stereocenters. The largest absolute Gasteiger partial charge is 0.444 e. The Bertz CT molecular complexity index is 1400. The summed E-state index contributed by atoms with van der Waals surface area (Å²) in [5.74, 6) is -0.179. The second-order valence-corrected chi connectivity index (χ2v) is 12.4. The fourth-order valence-corrected chi connectivity index (χ4v) is 4.71. The third kappa shape index (κ3) is 7.78. The van der Waals surface area contributed by atoms with Gasteiger partial charge in [0.15, 0.2) is 0 Å². The zero-order chi connectivity index (χ0) is 30.7. The van der Waals surface area contributed by atoms with Crippen molar-refractivity contribution in [1.82, 2.24) is 35.1 Å². The minimum Gasteiger partial charge on any atom is -0.444 e. The monoisotopic (exact) mass is 583 g/mol. The lowest BCUT2D eigenvalue weighted by atomic mass is 10.0. The number of fused-ring (bicyclic) bond motifs is 1. The van der Waals surface area contributed by atoms with Crippen molar-refractivity contribution >= 4 is 29.0 Å². The van der Waals surface area contributed by atoms with E-state index >= 15 is 0 Å². The number of rotatable bonds is 7. The van der Waals surface area contributed by atoms with E-state index in [-0.39, 0.29) is 11.6 Å². The summed E-state index contributed by atoms with van der Waals surface area (Å²) in [5.41, 5.74) is 0.843. The number of alkyl carbamates (subject to hydrolysis) is 1. The first kappa shape index (κ1) is 30.8. The maximum atomic E-state index is 14.0. The molecule has 1 aromatic carbocycles. The predicted molar refractivity (Wildman–Crippen MR) is 155 cm³/mol. The number of aromatic nitrogens is 4. The summed E-state index contributed by atoms with van der Waals surface area (Å²) < 4.78 is 12.3. The highest BCUT2D eigenvalue weighted by Gasteiger charge is 2.33. The van der Waals surface area contributed by atoms with Gasteiger partial charge in [0.25, 0.3) is 0 Å². The van der Waals surface area contributed by atoms with Gasteiger partial charge >= 0.3 is 12.2 Å². The smallest absolute Gasteiger partial charge is 0.410 e. The molecule has 13 nitrogen and oxygen atoms in total. The van der Waals surface area contributed by atoms with Gasteiger partial charge in [0.1, 0.15) is 29.0 Å². The summed E-state index contributed by atoms with van der Waals surface area (Å²) in [4.78, 5) is 45.5. The molecule has 0 radical (unpaired) electrons. The summed E-state index contributed by atoms with van der Waals surface area (Å²) in [6.45, 7) is 11.6. The molecule has 3 aromatic rings. The van der Waals surface area contributed by atoms with Crippen molar-refractivity contribution in [3.8, 4) is 0 Å². The Hall–Kier alpha value is -4.13. The number of carbonyl (C=O) groups excluding carboxylic acids is 3. The fraction of sp³-hybridized carbons (Fsp3) is 0.552. The van der Waals surface area contributed by atoms with E-state index in [1.165, 1.54) is 4.68 Å². The average molecular weight is 584 g/mol. The summed E-state index contributed by atoms with van der Waals surface area (Å²) in [7, 11) is 0. The molecule has 2 atom stereocenters. The maximum absolute atomic E-state index is 14.0. The number of aromatic amines is 1. The number of carbonyl (C=O) groups is 3. The minimum atomic E-state index is -0.880. The predicted octanol–water partition coefficient (Wildman–Crippen LogP) is 3.18. The SMILES string of the molecule is CC(C)(C)OC(=O)N[C@@H](CO)c1cn([C@@H](Cc2c[nH]c3ccccc23)C(=O)N2CCN(C(=O)OC(C)(C)C)CC2)nn1. The molecule has 228 valence electrons. The molecule has 1 aliphatic rings. The molecule has 0 bridgehead atoms. The van der Waals surface area contributed by atoms with Gasteiger partial charge < -0.3 is 34.7 Å². The molecule has 42 heavy (non-hydrogen) atoms. The summed E-state index contributed by atoms with van der Waals surface area (Å²) >= 11 is 0. The molecule has 0 spiro atoms. The van der Waals surface area contributed by atoms with E-state index < -0.39 is 42.1 Å². The van der Waals surface area contributed by atoms with E-state index in [9.17, 15) is 19.5 Å². The highest BCUT2D eigenvalue weighted by atomic mass is 16.6. The van der Waals surface area contributed by atoms with Crippen LogP contribution in [0.25, 0.3) is 10.9 Å². The molecule has 3 N–H and O–H groups in total. The number of hydrogen-bond donors (Lipinski definition) is 3. The van der Waals surface area contributed by atoms with E-state index in [0.717, 1.165) is 16.5 Å². The van der Waals surface area contributed by atoms with Crippen molar-refractivity contribution in [2.45, 2.75) is 71.2 Å². The number of amides is 3. The lowest BCUT2D eigenvalue weighted by Gasteiger charge is -2.37. The zero-order valence-corrected chi connectivity index (χ0v) is 25.1. The number of nitrogens with one attached hydrogen (secondary N) is 2. The van der Waals surface area contributed by atoms with Crippen molar-refractivity contribution < 1.29 is 29.0 Å². The van der Waals surface area contributed by atoms with Crippen LogP contribution in [0.15, 0.2) is 36.7 Å². The Labute approximate surface area is 245 Å². The molecule has 2 aromatic heterocycles. The van der Waals surface area contributed by atoms with Crippen LogP contribution in [0.3, 0.4) is 0 Å². The summed E-state index contributed by atoms with van der Waals surface area (Å²) in [5, 5.41) is 22.0. The maximum Gasteiger partial charge on any atom is 0.410 e. The third-order valence-corrected chi connectivity index (χ3v) is 6.69. The van der Waals surface area contributed by atoms with Crippen molar-refractivity contribution in [2.24, 2.45) is 0 Å². The van der Waals surface area contributed by atoms with Gasteiger partial charge in [-0.05, 0) is 53.2 Å². The molecular formula is C29H41N7O6. The minimum absolute atomic E-state index is 0.179. The Morgan fingerprint density at radius 3 is 2.29 bits per heavy atom. The highest BCUT2D eigenvalue weighted by Crippen LogP contribution is 2.25. The Morgan fingerprint density at radius 2 is 1.64 bits per heavy atom. The van der Waals surface area contributed by atoms with Crippen molar-refractivity contribution in [1.29, 1.82) is 0 Å². The molecule has 1 aliphatic heterocycles. The molecular weight excluding hydrogens is 542 g/mol. The lowest BCUT2D eigenvalue weighted by Crippen LogP contribution is -2.53. The zero-order valence-electron chi connectivity index (χ0n) is 25.1. The second-order valence-electron chi connectivity index (χ2n) is 12.4. The van der Waals surface area contributed by atoms with Crippen molar-refractivity contribution in [2.75, 3.05) is 32.8 Å². The van der Waals surface area contributed by atoms with Gasteiger partial charge in [0, 0.05) is 49.7 Å². The standard InChI is InChI=1S/C29H41N7O6/c1-28(2,3)41-26(39)31-23(18-37)22-17-36(33-32-22)24(15-19-16-30-21-10-8-7-9-20(19)21)25(38)34-11-13-35(14-12-34)27(40)42-29(4,5)6/h7-10,16-17,23-24,30,37H,11-15,18H2,1-6H3,(H,31,39)/t23-,24-/m0/s1. The number of piperazine rings is 1. The van der Waals surface area contributed by atoms with Gasteiger partial charge in [-0.3, -0.25) is 4.79 Å². The number of benzene rings is 1. The average Bonchev–Trinajstić information content (AvgIpc) is 3.56. The number of nitrogens with zero attached hydrogens (tertiary/aromatic N) is 5.